The fourth-order valence-electron chi connectivity index (χ4n) is 5.22. The van der Waals surface area contributed by atoms with Crippen molar-refractivity contribution in [3.05, 3.63) is 83.4 Å². The zero-order chi connectivity index (χ0) is 21.5. The van der Waals surface area contributed by atoms with Crippen molar-refractivity contribution in [2.24, 2.45) is 0 Å². The van der Waals surface area contributed by atoms with E-state index in [2.05, 4.69) is 71.6 Å². The van der Waals surface area contributed by atoms with E-state index >= 15 is 0 Å². The highest BCUT2D eigenvalue weighted by atomic mass is 32.1. The van der Waals surface area contributed by atoms with Crippen LogP contribution < -0.4 is 9.47 Å². The summed E-state index contributed by atoms with van der Waals surface area (Å²) in [5.74, 6) is 2.12. The zero-order valence-electron chi connectivity index (χ0n) is 18.3. The number of hydrogen-bond donors (Lipinski definition) is 0. The predicted molar refractivity (Wildman–Crippen MR) is 132 cm³/mol. The number of benzene rings is 3. The number of hydrogen-bond acceptors (Lipinski definition) is 4. The highest BCUT2D eigenvalue weighted by Gasteiger charge is 2.33. The van der Waals surface area contributed by atoms with E-state index in [4.69, 9.17) is 9.47 Å². The molecule has 3 aromatic carbocycles. The van der Waals surface area contributed by atoms with Gasteiger partial charge in [-0.05, 0) is 83.9 Å². The van der Waals surface area contributed by atoms with E-state index in [1.165, 1.54) is 63.1 Å². The third-order valence-electron chi connectivity index (χ3n) is 6.83. The fourth-order valence-corrected chi connectivity index (χ4v) is 6.54. The Hall–Kier alpha value is -2.82. The Kier molecular flexibility index (Phi) is 5.12. The van der Waals surface area contributed by atoms with Crippen molar-refractivity contribution in [2.45, 2.75) is 18.8 Å². The Morgan fingerprint density at radius 2 is 1.72 bits per heavy atom. The molecule has 1 unspecified atom stereocenters. The molecule has 1 fully saturated rings. The zero-order valence-corrected chi connectivity index (χ0v) is 19.2. The van der Waals surface area contributed by atoms with Gasteiger partial charge < -0.3 is 9.47 Å². The van der Waals surface area contributed by atoms with Gasteiger partial charge >= 0.3 is 0 Å². The minimum Gasteiger partial charge on any atom is -0.497 e. The van der Waals surface area contributed by atoms with Gasteiger partial charge in [-0.1, -0.05) is 36.4 Å². The molecule has 1 aromatic heterocycles. The monoisotopic (exact) mass is 441 g/mol. The SMILES string of the molecule is COc1ccc2c3c(sc2c1)-c1ccccc1C3c1ccc(OCCN2CCCC2)cc1. The lowest BCUT2D eigenvalue weighted by Gasteiger charge is -2.17. The van der Waals surface area contributed by atoms with Crippen molar-refractivity contribution in [2.75, 3.05) is 33.4 Å². The van der Waals surface area contributed by atoms with Crippen LogP contribution in [0, 0.1) is 0 Å². The molecule has 1 saturated heterocycles. The largest absolute Gasteiger partial charge is 0.497 e. The van der Waals surface area contributed by atoms with Crippen LogP contribution in [0.15, 0.2) is 66.7 Å². The first-order valence-electron chi connectivity index (χ1n) is 11.5. The first-order valence-corrected chi connectivity index (χ1v) is 12.3. The second kappa shape index (κ2) is 8.27. The van der Waals surface area contributed by atoms with E-state index in [9.17, 15) is 0 Å². The summed E-state index contributed by atoms with van der Waals surface area (Å²) in [6, 6.07) is 24.1. The number of methoxy groups -OCH3 is 1. The van der Waals surface area contributed by atoms with Gasteiger partial charge in [0, 0.05) is 22.0 Å². The van der Waals surface area contributed by atoms with Gasteiger partial charge in [0.25, 0.3) is 0 Å². The van der Waals surface area contributed by atoms with Gasteiger partial charge in [-0.15, -0.1) is 11.3 Å². The second-order valence-electron chi connectivity index (χ2n) is 8.69. The van der Waals surface area contributed by atoms with Crippen LogP contribution in [-0.2, 0) is 0 Å². The fraction of sp³-hybridized carbons (Fsp3) is 0.286. The Morgan fingerprint density at radius 3 is 2.53 bits per heavy atom. The number of nitrogens with zero attached hydrogens (tertiary/aromatic N) is 1. The molecule has 0 spiro atoms. The van der Waals surface area contributed by atoms with E-state index in [0.29, 0.717) is 0 Å². The lowest BCUT2D eigenvalue weighted by Crippen LogP contribution is -2.25. The van der Waals surface area contributed by atoms with Gasteiger partial charge in [-0.25, -0.2) is 0 Å². The van der Waals surface area contributed by atoms with Crippen molar-refractivity contribution in [3.8, 4) is 21.9 Å². The lowest BCUT2D eigenvalue weighted by atomic mass is 9.88. The maximum Gasteiger partial charge on any atom is 0.120 e. The molecule has 0 N–H and O–H groups in total. The van der Waals surface area contributed by atoms with Crippen LogP contribution in [0.1, 0.15) is 35.4 Å². The van der Waals surface area contributed by atoms with E-state index in [1.807, 2.05) is 11.3 Å². The van der Waals surface area contributed by atoms with E-state index in [1.54, 1.807) is 7.11 Å². The Morgan fingerprint density at radius 1 is 0.938 bits per heavy atom. The van der Waals surface area contributed by atoms with Crippen LogP contribution in [0.25, 0.3) is 20.5 Å². The van der Waals surface area contributed by atoms with Gasteiger partial charge in [0.15, 0.2) is 0 Å². The molecule has 4 heteroatoms. The molecule has 162 valence electrons. The van der Waals surface area contributed by atoms with Crippen molar-refractivity contribution >= 4 is 21.4 Å². The molecule has 1 aliphatic heterocycles. The molecule has 3 nitrogen and oxygen atoms in total. The summed E-state index contributed by atoms with van der Waals surface area (Å²) < 4.78 is 12.8. The summed E-state index contributed by atoms with van der Waals surface area (Å²) in [5.41, 5.74) is 5.50. The third kappa shape index (κ3) is 3.39. The van der Waals surface area contributed by atoms with Gasteiger partial charge in [-0.2, -0.15) is 0 Å². The van der Waals surface area contributed by atoms with Gasteiger partial charge in [0.1, 0.15) is 18.1 Å². The number of rotatable bonds is 6. The van der Waals surface area contributed by atoms with Crippen LogP contribution in [0.4, 0.5) is 0 Å². The van der Waals surface area contributed by atoms with Crippen molar-refractivity contribution in [1.29, 1.82) is 0 Å². The summed E-state index contributed by atoms with van der Waals surface area (Å²) in [6.07, 6.45) is 2.65. The van der Waals surface area contributed by atoms with Gasteiger partial charge in [0.2, 0.25) is 0 Å². The molecule has 2 aliphatic rings. The van der Waals surface area contributed by atoms with Gasteiger partial charge in [-0.3, -0.25) is 4.90 Å². The molecule has 0 bridgehead atoms. The highest BCUT2D eigenvalue weighted by Crippen LogP contribution is 2.55. The van der Waals surface area contributed by atoms with E-state index in [-0.39, 0.29) is 5.92 Å². The maximum absolute atomic E-state index is 6.05. The molecular formula is C28H27NO2S. The van der Waals surface area contributed by atoms with Crippen molar-refractivity contribution in [1.82, 2.24) is 4.90 Å². The smallest absolute Gasteiger partial charge is 0.120 e. The van der Waals surface area contributed by atoms with Crippen LogP contribution in [0.3, 0.4) is 0 Å². The first kappa shape index (κ1) is 19.8. The topological polar surface area (TPSA) is 21.7 Å². The summed E-state index contributed by atoms with van der Waals surface area (Å²) in [4.78, 5) is 3.88. The quantitative estimate of drug-likeness (QED) is 0.298. The Balaban J connectivity index is 1.32. The molecule has 6 rings (SSSR count). The molecule has 2 heterocycles. The average Bonchev–Trinajstić information content (AvgIpc) is 3.55. The normalized spacial score (nSPS) is 17.5. The number of ether oxygens (including phenoxy) is 2. The highest BCUT2D eigenvalue weighted by molar-refractivity contribution is 7.22. The maximum atomic E-state index is 6.05. The first-order chi connectivity index (χ1) is 15.8. The van der Waals surface area contributed by atoms with Crippen LogP contribution in [0.2, 0.25) is 0 Å². The predicted octanol–water partition coefficient (Wildman–Crippen LogP) is 6.55. The summed E-state index contributed by atoms with van der Waals surface area (Å²) in [5, 5.41) is 1.33. The standard InChI is InChI=1S/C28H27NO2S/c1-30-21-12-13-24-25(18-21)32-28-23-7-3-2-6-22(23)26(27(24)28)19-8-10-20(11-9-19)31-17-16-29-14-4-5-15-29/h2-3,6-13,18,26H,4-5,14-17H2,1H3. The van der Waals surface area contributed by atoms with Crippen molar-refractivity contribution < 1.29 is 9.47 Å². The third-order valence-corrected chi connectivity index (χ3v) is 8.03. The van der Waals surface area contributed by atoms with Crippen molar-refractivity contribution in [3.63, 3.8) is 0 Å². The summed E-state index contributed by atoms with van der Waals surface area (Å²) in [6.45, 7) is 4.20. The average molecular weight is 442 g/mol. The summed E-state index contributed by atoms with van der Waals surface area (Å²) >= 11 is 1.87. The molecule has 1 atom stereocenters. The number of likely N-dealkylation sites (tertiary alicyclic amines) is 1. The lowest BCUT2D eigenvalue weighted by molar-refractivity contribution is 0.238. The van der Waals surface area contributed by atoms with Gasteiger partial charge in [0.05, 0.1) is 7.11 Å². The van der Waals surface area contributed by atoms with E-state index < -0.39 is 0 Å². The summed E-state index contributed by atoms with van der Waals surface area (Å²) in [7, 11) is 1.73. The molecule has 0 saturated carbocycles. The minimum atomic E-state index is 0.252. The van der Waals surface area contributed by atoms with Crippen LogP contribution >= 0.6 is 11.3 Å². The Labute approximate surface area is 193 Å². The number of thiophene rings is 1. The molecular weight excluding hydrogens is 414 g/mol. The van der Waals surface area contributed by atoms with E-state index in [0.717, 1.165) is 24.7 Å². The number of fused-ring (bicyclic) bond motifs is 5. The molecule has 0 amide bonds. The molecule has 4 aromatic rings. The minimum absolute atomic E-state index is 0.252. The van der Waals surface area contributed by atoms with Crippen LogP contribution in [0.5, 0.6) is 11.5 Å². The van der Waals surface area contributed by atoms with Crippen LogP contribution in [-0.4, -0.2) is 38.3 Å². The molecule has 1 aliphatic carbocycles. The second-order valence-corrected chi connectivity index (χ2v) is 9.75. The molecule has 0 radical (unpaired) electrons. The Bertz CT molecular complexity index is 1250. The molecule has 32 heavy (non-hydrogen) atoms.